The van der Waals surface area contributed by atoms with Crippen LogP contribution in [0.2, 0.25) is 0 Å². The highest BCUT2D eigenvalue weighted by molar-refractivity contribution is 4.97. The first kappa shape index (κ1) is 9.92. The van der Waals surface area contributed by atoms with Gasteiger partial charge >= 0.3 is 0 Å². The van der Waals surface area contributed by atoms with Crippen molar-refractivity contribution >= 4 is 0 Å². The van der Waals surface area contributed by atoms with Gasteiger partial charge in [0.2, 0.25) is 0 Å². The molecule has 15 heavy (non-hydrogen) atoms. The third-order valence-electron chi connectivity index (χ3n) is 2.16. The number of aromatic nitrogens is 3. The van der Waals surface area contributed by atoms with Gasteiger partial charge in [0.25, 0.3) is 0 Å². The van der Waals surface area contributed by atoms with Gasteiger partial charge in [-0.2, -0.15) is 0 Å². The lowest BCUT2D eigenvalue weighted by Crippen LogP contribution is -2.29. The molecular formula is C10H14N4O. The fourth-order valence-electron chi connectivity index (χ4n) is 1.39. The van der Waals surface area contributed by atoms with Crippen molar-refractivity contribution in [3.05, 3.63) is 36.8 Å². The number of furan rings is 1. The third kappa shape index (κ3) is 2.92. The third-order valence-corrected chi connectivity index (χ3v) is 2.16. The van der Waals surface area contributed by atoms with E-state index in [1.807, 2.05) is 16.7 Å². The summed E-state index contributed by atoms with van der Waals surface area (Å²) < 4.78 is 7.17. The first-order valence-corrected chi connectivity index (χ1v) is 4.93. The van der Waals surface area contributed by atoms with E-state index in [4.69, 9.17) is 4.42 Å². The second kappa shape index (κ2) is 4.75. The maximum absolute atomic E-state index is 5.23. The maximum atomic E-state index is 5.23. The lowest BCUT2D eigenvalue weighted by molar-refractivity contribution is 0.427. The van der Waals surface area contributed by atoms with Gasteiger partial charge in [0.1, 0.15) is 18.4 Å². The summed E-state index contributed by atoms with van der Waals surface area (Å²) in [6.07, 6.45) is 5.11. The van der Waals surface area contributed by atoms with Crippen LogP contribution in [0.5, 0.6) is 0 Å². The zero-order valence-electron chi connectivity index (χ0n) is 8.63. The topological polar surface area (TPSA) is 55.9 Å². The van der Waals surface area contributed by atoms with E-state index in [0.717, 1.165) is 18.8 Å². The SMILES string of the molecule is CC(Cn1cnnc1)NCc1ccco1. The fourth-order valence-corrected chi connectivity index (χ4v) is 1.39. The molecule has 0 aliphatic rings. The molecule has 1 atom stereocenters. The van der Waals surface area contributed by atoms with Gasteiger partial charge in [-0.1, -0.05) is 0 Å². The Hall–Kier alpha value is -1.62. The highest BCUT2D eigenvalue weighted by atomic mass is 16.3. The second-order valence-corrected chi connectivity index (χ2v) is 3.52. The van der Waals surface area contributed by atoms with Gasteiger partial charge < -0.3 is 14.3 Å². The van der Waals surface area contributed by atoms with Crippen LogP contribution in [0, 0.1) is 0 Å². The Kier molecular flexibility index (Phi) is 3.14. The number of nitrogens with zero attached hydrogens (tertiary/aromatic N) is 3. The smallest absolute Gasteiger partial charge is 0.119 e. The summed E-state index contributed by atoms with van der Waals surface area (Å²) >= 11 is 0. The van der Waals surface area contributed by atoms with E-state index >= 15 is 0 Å². The fraction of sp³-hybridized carbons (Fsp3) is 0.400. The van der Waals surface area contributed by atoms with Crippen molar-refractivity contribution in [2.45, 2.75) is 26.1 Å². The minimum absolute atomic E-state index is 0.353. The van der Waals surface area contributed by atoms with Crippen molar-refractivity contribution in [2.75, 3.05) is 0 Å². The van der Waals surface area contributed by atoms with Crippen molar-refractivity contribution in [3.8, 4) is 0 Å². The van der Waals surface area contributed by atoms with Gasteiger partial charge in [-0.25, -0.2) is 0 Å². The molecule has 5 nitrogen and oxygen atoms in total. The average Bonchev–Trinajstić information content (AvgIpc) is 2.86. The van der Waals surface area contributed by atoms with E-state index in [0.29, 0.717) is 6.04 Å². The van der Waals surface area contributed by atoms with E-state index < -0.39 is 0 Å². The van der Waals surface area contributed by atoms with Crippen LogP contribution in [0.4, 0.5) is 0 Å². The van der Waals surface area contributed by atoms with Crippen LogP contribution in [-0.4, -0.2) is 20.8 Å². The molecule has 80 valence electrons. The summed E-state index contributed by atoms with van der Waals surface area (Å²) in [4.78, 5) is 0. The van der Waals surface area contributed by atoms with Gasteiger partial charge in [-0.3, -0.25) is 0 Å². The standard InChI is InChI=1S/C10H14N4O/c1-9(6-14-7-12-13-8-14)11-5-10-3-2-4-15-10/h2-4,7-9,11H,5-6H2,1H3. The molecule has 1 N–H and O–H groups in total. The average molecular weight is 206 g/mol. The highest BCUT2D eigenvalue weighted by Crippen LogP contribution is 2.00. The Morgan fingerprint density at radius 1 is 1.47 bits per heavy atom. The molecule has 0 aliphatic carbocycles. The monoisotopic (exact) mass is 206 g/mol. The number of rotatable bonds is 5. The Labute approximate surface area is 88.1 Å². The van der Waals surface area contributed by atoms with Crippen molar-refractivity contribution in [2.24, 2.45) is 0 Å². The molecule has 0 aliphatic heterocycles. The van der Waals surface area contributed by atoms with Crippen LogP contribution in [0.1, 0.15) is 12.7 Å². The number of hydrogen-bond donors (Lipinski definition) is 1. The molecule has 2 heterocycles. The summed E-state index contributed by atoms with van der Waals surface area (Å²) in [7, 11) is 0. The molecule has 0 saturated carbocycles. The highest BCUT2D eigenvalue weighted by Gasteiger charge is 2.03. The lowest BCUT2D eigenvalue weighted by Gasteiger charge is -2.12. The first-order valence-electron chi connectivity index (χ1n) is 4.93. The number of hydrogen-bond acceptors (Lipinski definition) is 4. The van der Waals surface area contributed by atoms with Gasteiger partial charge in [-0.15, -0.1) is 10.2 Å². The molecule has 0 saturated heterocycles. The summed E-state index contributed by atoms with van der Waals surface area (Å²) in [6, 6.07) is 4.20. The summed E-state index contributed by atoms with van der Waals surface area (Å²) in [5.74, 6) is 0.950. The van der Waals surface area contributed by atoms with Crippen LogP contribution in [0.3, 0.4) is 0 Å². The van der Waals surface area contributed by atoms with Crippen LogP contribution >= 0.6 is 0 Å². The lowest BCUT2D eigenvalue weighted by atomic mass is 10.3. The Bertz CT molecular complexity index is 368. The van der Waals surface area contributed by atoms with Crippen molar-refractivity contribution in [1.29, 1.82) is 0 Å². The summed E-state index contributed by atoms with van der Waals surface area (Å²) in [5.41, 5.74) is 0. The normalized spacial score (nSPS) is 12.9. The van der Waals surface area contributed by atoms with Gasteiger partial charge in [0, 0.05) is 12.6 Å². The predicted molar refractivity (Wildman–Crippen MR) is 55.0 cm³/mol. The van der Waals surface area contributed by atoms with Gasteiger partial charge in [-0.05, 0) is 19.1 Å². The minimum Gasteiger partial charge on any atom is -0.468 e. The second-order valence-electron chi connectivity index (χ2n) is 3.52. The Morgan fingerprint density at radius 2 is 2.27 bits per heavy atom. The molecule has 0 amide bonds. The molecule has 0 radical (unpaired) electrons. The first-order chi connectivity index (χ1) is 7.34. The molecule has 1 unspecified atom stereocenters. The van der Waals surface area contributed by atoms with Gasteiger partial charge in [0.15, 0.2) is 0 Å². The molecule has 0 fully saturated rings. The van der Waals surface area contributed by atoms with Crippen LogP contribution in [0.15, 0.2) is 35.5 Å². The summed E-state index contributed by atoms with van der Waals surface area (Å²) in [6.45, 7) is 3.72. The van der Waals surface area contributed by atoms with Crippen LogP contribution in [0.25, 0.3) is 0 Å². The number of nitrogens with one attached hydrogen (secondary N) is 1. The quantitative estimate of drug-likeness (QED) is 0.794. The maximum Gasteiger partial charge on any atom is 0.119 e. The molecule has 2 aromatic heterocycles. The minimum atomic E-state index is 0.353. The zero-order valence-corrected chi connectivity index (χ0v) is 8.63. The zero-order chi connectivity index (χ0) is 10.5. The Balaban J connectivity index is 1.76. The largest absolute Gasteiger partial charge is 0.468 e. The molecular weight excluding hydrogens is 192 g/mol. The van der Waals surface area contributed by atoms with Crippen molar-refractivity contribution in [3.63, 3.8) is 0 Å². The molecule has 0 bridgehead atoms. The molecule has 2 rings (SSSR count). The van der Waals surface area contributed by atoms with E-state index in [2.05, 4.69) is 22.4 Å². The predicted octanol–water partition coefficient (Wildman–Crippen LogP) is 1.05. The molecule has 5 heteroatoms. The van der Waals surface area contributed by atoms with Gasteiger partial charge in [0.05, 0.1) is 12.8 Å². The Morgan fingerprint density at radius 3 is 2.93 bits per heavy atom. The molecule has 0 aromatic carbocycles. The van der Waals surface area contributed by atoms with Crippen LogP contribution < -0.4 is 5.32 Å². The van der Waals surface area contributed by atoms with Crippen molar-refractivity contribution < 1.29 is 4.42 Å². The van der Waals surface area contributed by atoms with E-state index in [-0.39, 0.29) is 0 Å². The molecule has 2 aromatic rings. The van der Waals surface area contributed by atoms with E-state index in [1.54, 1.807) is 18.9 Å². The summed E-state index contributed by atoms with van der Waals surface area (Å²) in [5, 5.41) is 10.9. The van der Waals surface area contributed by atoms with E-state index in [1.165, 1.54) is 0 Å². The van der Waals surface area contributed by atoms with Crippen LogP contribution in [-0.2, 0) is 13.1 Å². The molecule has 0 spiro atoms. The van der Waals surface area contributed by atoms with Crippen molar-refractivity contribution in [1.82, 2.24) is 20.1 Å². The van der Waals surface area contributed by atoms with E-state index in [9.17, 15) is 0 Å².